The molecule has 0 saturated heterocycles. The first-order valence-corrected chi connectivity index (χ1v) is 7.57. The molecule has 0 bridgehead atoms. The van der Waals surface area contributed by atoms with Crippen LogP contribution in [-0.4, -0.2) is 56.3 Å². The van der Waals surface area contributed by atoms with Crippen LogP contribution in [0.2, 0.25) is 0 Å². The van der Waals surface area contributed by atoms with Crippen molar-refractivity contribution in [3.05, 3.63) is 0 Å². The first kappa shape index (κ1) is 19.5. The smallest absolute Gasteiger partial charge is 0.407 e. The van der Waals surface area contributed by atoms with Crippen molar-refractivity contribution < 1.29 is 9.53 Å². The summed E-state index contributed by atoms with van der Waals surface area (Å²) < 4.78 is 5.25. The highest BCUT2D eigenvalue weighted by Crippen LogP contribution is 2.07. The molecular formula is C15H32N4O2. The lowest BCUT2D eigenvalue weighted by Gasteiger charge is -2.25. The second-order valence-electron chi connectivity index (χ2n) is 6.31. The van der Waals surface area contributed by atoms with Gasteiger partial charge in [0.2, 0.25) is 0 Å². The van der Waals surface area contributed by atoms with Crippen LogP contribution in [0.1, 0.15) is 47.0 Å². The number of hydrogen-bond donors (Lipinski definition) is 2. The van der Waals surface area contributed by atoms with Crippen LogP contribution in [0.25, 0.3) is 0 Å². The SMILES string of the molecule is CCCCC(CNC(=O)OC(C)(C)C)NC(=NC)N(C)C. The summed E-state index contributed by atoms with van der Waals surface area (Å²) in [5, 5.41) is 6.18. The molecular weight excluding hydrogens is 268 g/mol. The summed E-state index contributed by atoms with van der Waals surface area (Å²) in [4.78, 5) is 17.9. The van der Waals surface area contributed by atoms with E-state index in [1.165, 1.54) is 0 Å². The molecule has 0 aliphatic rings. The molecule has 0 rings (SSSR count). The Hall–Kier alpha value is -1.46. The largest absolute Gasteiger partial charge is 0.444 e. The zero-order chi connectivity index (χ0) is 16.5. The van der Waals surface area contributed by atoms with Gasteiger partial charge in [-0.1, -0.05) is 19.8 Å². The quantitative estimate of drug-likeness (QED) is 0.583. The maximum atomic E-state index is 11.7. The topological polar surface area (TPSA) is 66.0 Å². The summed E-state index contributed by atoms with van der Waals surface area (Å²) in [6, 6.07) is 0.138. The standard InChI is InChI=1S/C15H32N4O2/c1-8-9-10-12(18-13(16-5)19(6)7)11-17-14(20)21-15(2,3)4/h12H,8-11H2,1-7H3,(H,16,18)(H,17,20). The van der Waals surface area contributed by atoms with E-state index in [2.05, 4.69) is 22.5 Å². The monoisotopic (exact) mass is 300 g/mol. The number of aliphatic imine (C=N–C) groups is 1. The van der Waals surface area contributed by atoms with Crippen LogP contribution in [0.3, 0.4) is 0 Å². The fraction of sp³-hybridized carbons (Fsp3) is 0.867. The van der Waals surface area contributed by atoms with Gasteiger partial charge in [-0.2, -0.15) is 0 Å². The van der Waals surface area contributed by atoms with Crippen LogP contribution in [0, 0.1) is 0 Å². The number of ether oxygens (including phenoxy) is 1. The Morgan fingerprint density at radius 1 is 1.33 bits per heavy atom. The number of amides is 1. The molecule has 1 atom stereocenters. The number of carbonyl (C=O) groups is 1. The maximum absolute atomic E-state index is 11.7. The number of carbonyl (C=O) groups excluding carboxylic acids is 1. The van der Waals surface area contributed by atoms with Crippen LogP contribution in [0.4, 0.5) is 4.79 Å². The van der Waals surface area contributed by atoms with E-state index in [4.69, 9.17) is 4.74 Å². The zero-order valence-electron chi connectivity index (χ0n) is 14.6. The average Bonchev–Trinajstić information content (AvgIpc) is 2.35. The third-order valence-electron chi connectivity index (χ3n) is 2.77. The van der Waals surface area contributed by atoms with Gasteiger partial charge in [-0.05, 0) is 27.2 Å². The third kappa shape index (κ3) is 9.98. The predicted molar refractivity (Wildman–Crippen MR) is 87.7 cm³/mol. The lowest BCUT2D eigenvalue weighted by molar-refractivity contribution is 0.0522. The molecule has 6 heteroatoms. The fourth-order valence-corrected chi connectivity index (χ4v) is 1.77. The van der Waals surface area contributed by atoms with E-state index in [0.29, 0.717) is 6.54 Å². The molecule has 0 aromatic rings. The molecule has 0 radical (unpaired) electrons. The highest BCUT2D eigenvalue weighted by Gasteiger charge is 2.18. The minimum absolute atomic E-state index is 0.138. The van der Waals surface area contributed by atoms with Gasteiger partial charge in [0.1, 0.15) is 5.60 Å². The van der Waals surface area contributed by atoms with E-state index in [1.54, 1.807) is 7.05 Å². The van der Waals surface area contributed by atoms with E-state index in [0.717, 1.165) is 25.2 Å². The van der Waals surface area contributed by atoms with E-state index in [-0.39, 0.29) is 12.1 Å². The molecule has 124 valence electrons. The minimum Gasteiger partial charge on any atom is -0.444 e. The summed E-state index contributed by atoms with van der Waals surface area (Å²) in [6.45, 7) is 8.23. The summed E-state index contributed by atoms with van der Waals surface area (Å²) in [5.41, 5.74) is -0.476. The Balaban J connectivity index is 4.46. The number of unbranched alkanes of at least 4 members (excludes halogenated alkanes) is 1. The van der Waals surface area contributed by atoms with Gasteiger partial charge in [0.05, 0.1) is 0 Å². The average molecular weight is 300 g/mol. The Kier molecular flexibility index (Phi) is 8.81. The third-order valence-corrected chi connectivity index (χ3v) is 2.77. The van der Waals surface area contributed by atoms with Gasteiger partial charge >= 0.3 is 6.09 Å². The van der Waals surface area contributed by atoms with Gasteiger partial charge in [-0.25, -0.2) is 4.79 Å². The van der Waals surface area contributed by atoms with E-state index < -0.39 is 5.60 Å². The zero-order valence-corrected chi connectivity index (χ0v) is 14.6. The van der Waals surface area contributed by atoms with Gasteiger partial charge in [0.15, 0.2) is 5.96 Å². The lowest BCUT2D eigenvalue weighted by Crippen LogP contribution is -2.48. The van der Waals surface area contributed by atoms with E-state index in [9.17, 15) is 4.79 Å². The number of guanidine groups is 1. The predicted octanol–water partition coefficient (Wildman–Crippen LogP) is 2.21. The van der Waals surface area contributed by atoms with Crippen molar-refractivity contribution in [2.24, 2.45) is 4.99 Å². The number of hydrogen-bond acceptors (Lipinski definition) is 3. The van der Waals surface area contributed by atoms with E-state index >= 15 is 0 Å². The number of nitrogens with one attached hydrogen (secondary N) is 2. The molecule has 0 aliphatic heterocycles. The molecule has 0 fully saturated rings. The number of nitrogens with zero attached hydrogens (tertiary/aromatic N) is 2. The first-order valence-electron chi connectivity index (χ1n) is 7.57. The van der Waals surface area contributed by atoms with Crippen molar-refractivity contribution in [1.29, 1.82) is 0 Å². The Morgan fingerprint density at radius 2 is 1.95 bits per heavy atom. The van der Waals surface area contributed by atoms with Crippen molar-refractivity contribution in [2.45, 2.75) is 58.6 Å². The molecule has 1 unspecified atom stereocenters. The molecule has 0 aromatic heterocycles. The van der Waals surface area contributed by atoms with Crippen LogP contribution >= 0.6 is 0 Å². The molecule has 6 nitrogen and oxygen atoms in total. The maximum Gasteiger partial charge on any atom is 0.407 e. The lowest BCUT2D eigenvalue weighted by atomic mass is 10.1. The van der Waals surface area contributed by atoms with Crippen LogP contribution in [0.5, 0.6) is 0 Å². The summed E-state index contributed by atoms with van der Waals surface area (Å²) in [5.74, 6) is 0.807. The Labute approximate surface area is 129 Å². The van der Waals surface area contributed by atoms with Gasteiger partial charge < -0.3 is 20.3 Å². The normalized spacial score (nSPS) is 13.6. The second-order valence-corrected chi connectivity index (χ2v) is 6.31. The molecule has 0 spiro atoms. The van der Waals surface area contributed by atoms with E-state index in [1.807, 2.05) is 39.8 Å². The van der Waals surface area contributed by atoms with Crippen molar-refractivity contribution in [1.82, 2.24) is 15.5 Å². The molecule has 0 heterocycles. The minimum atomic E-state index is -0.476. The Bertz CT molecular complexity index is 335. The van der Waals surface area contributed by atoms with Crippen molar-refractivity contribution in [2.75, 3.05) is 27.7 Å². The van der Waals surface area contributed by atoms with Crippen LogP contribution in [-0.2, 0) is 4.74 Å². The molecule has 0 aromatic carbocycles. The van der Waals surface area contributed by atoms with Crippen molar-refractivity contribution in [3.8, 4) is 0 Å². The summed E-state index contributed by atoms with van der Waals surface area (Å²) in [7, 11) is 5.63. The summed E-state index contributed by atoms with van der Waals surface area (Å²) >= 11 is 0. The molecule has 0 aliphatic carbocycles. The van der Waals surface area contributed by atoms with Crippen molar-refractivity contribution in [3.63, 3.8) is 0 Å². The van der Waals surface area contributed by atoms with Crippen LogP contribution in [0.15, 0.2) is 4.99 Å². The van der Waals surface area contributed by atoms with Gasteiger partial charge in [-0.15, -0.1) is 0 Å². The van der Waals surface area contributed by atoms with Crippen molar-refractivity contribution >= 4 is 12.1 Å². The summed E-state index contributed by atoms with van der Waals surface area (Å²) in [6.07, 6.45) is 2.80. The highest BCUT2D eigenvalue weighted by molar-refractivity contribution is 5.79. The van der Waals surface area contributed by atoms with Gasteiger partial charge in [0.25, 0.3) is 0 Å². The Morgan fingerprint density at radius 3 is 2.38 bits per heavy atom. The second kappa shape index (κ2) is 9.47. The molecule has 2 N–H and O–H groups in total. The fourth-order valence-electron chi connectivity index (χ4n) is 1.77. The van der Waals surface area contributed by atoms with Gasteiger partial charge in [-0.3, -0.25) is 4.99 Å². The first-order chi connectivity index (χ1) is 9.69. The van der Waals surface area contributed by atoms with Gasteiger partial charge in [0, 0.05) is 33.7 Å². The molecule has 0 saturated carbocycles. The number of rotatable bonds is 6. The highest BCUT2D eigenvalue weighted by atomic mass is 16.6. The van der Waals surface area contributed by atoms with Crippen LogP contribution < -0.4 is 10.6 Å². The molecule has 21 heavy (non-hydrogen) atoms. The number of alkyl carbamates (subject to hydrolysis) is 1. The molecule has 1 amide bonds.